The summed E-state index contributed by atoms with van der Waals surface area (Å²) in [4.78, 5) is 11.1. The Labute approximate surface area is 126 Å². The van der Waals surface area contributed by atoms with Crippen molar-refractivity contribution < 1.29 is 9.15 Å². The van der Waals surface area contributed by atoms with E-state index in [0.29, 0.717) is 23.2 Å². The molecule has 0 bridgehead atoms. The van der Waals surface area contributed by atoms with Gasteiger partial charge in [-0.25, -0.2) is 9.97 Å². The monoisotopic (exact) mass is 300 g/mol. The van der Waals surface area contributed by atoms with Crippen LogP contribution in [0.25, 0.3) is 17.2 Å². The van der Waals surface area contributed by atoms with E-state index in [1.54, 1.807) is 23.0 Å². The molecule has 22 heavy (non-hydrogen) atoms. The first kappa shape index (κ1) is 13.2. The lowest BCUT2D eigenvalue weighted by Gasteiger charge is -2.26. The van der Waals surface area contributed by atoms with Crippen molar-refractivity contribution >= 4 is 11.6 Å². The first-order chi connectivity index (χ1) is 10.8. The van der Waals surface area contributed by atoms with Gasteiger partial charge in [0.15, 0.2) is 11.4 Å². The van der Waals surface area contributed by atoms with Gasteiger partial charge in [-0.1, -0.05) is 0 Å². The van der Waals surface area contributed by atoms with Crippen molar-refractivity contribution in [3.8, 4) is 11.6 Å². The number of nitrogens with zero attached hydrogens (tertiary/aromatic N) is 5. The van der Waals surface area contributed by atoms with Crippen LogP contribution in [0, 0.1) is 0 Å². The quantitative estimate of drug-likeness (QED) is 0.764. The summed E-state index contributed by atoms with van der Waals surface area (Å²) in [6.45, 7) is 4.05. The third kappa shape index (κ3) is 2.32. The number of fused-ring (bicyclic) bond motifs is 1. The number of morpholine rings is 1. The van der Waals surface area contributed by atoms with Gasteiger partial charge in [0, 0.05) is 31.4 Å². The normalized spacial score (nSPS) is 16.4. The molecule has 114 valence electrons. The van der Waals surface area contributed by atoms with Gasteiger partial charge in [0.1, 0.15) is 0 Å². The molecule has 8 heteroatoms. The van der Waals surface area contributed by atoms with E-state index in [2.05, 4.69) is 20.0 Å². The van der Waals surface area contributed by atoms with Crippen LogP contribution in [0.2, 0.25) is 0 Å². The Bertz CT molecular complexity index is 776. The lowest BCUT2D eigenvalue weighted by atomic mass is 10.3. The van der Waals surface area contributed by atoms with Crippen LogP contribution in [0.4, 0.5) is 5.95 Å². The van der Waals surface area contributed by atoms with Gasteiger partial charge in [0.2, 0.25) is 11.8 Å². The van der Waals surface area contributed by atoms with Gasteiger partial charge in [-0.2, -0.15) is 4.52 Å². The summed E-state index contributed by atoms with van der Waals surface area (Å²) in [6.07, 6.45) is 3.36. The fourth-order valence-electron chi connectivity index (χ4n) is 2.56. The van der Waals surface area contributed by atoms with Gasteiger partial charge in [-0.15, -0.1) is 5.10 Å². The molecule has 1 fully saturated rings. The van der Waals surface area contributed by atoms with Crippen molar-refractivity contribution in [2.24, 2.45) is 0 Å². The summed E-state index contributed by atoms with van der Waals surface area (Å²) in [6, 6.07) is 3.62. The smallest absolute Gasteiger partial charge is 0.223 e. The van der Waals surface area contributed by atoms with Gasteiger partial charge in [0.25, 0.3) is 0 Å². The maximum atomic E-state index is 5.91. The summed E-state index contributed by atoms with van der Waals surface area (Å²) >= 11 is 0. The van der Waals surface area contributed by atoms with Crippen molar-refractivity contribution in [3.63, 3.8) is 0 Å². The average Bonchev–Trinajstić information content (AvgIpc) is 3.20. The minimum atomic E-state index is 0.311. The van der Waals surface area contributed by atoms with Crippen molar-refractivity contribution in [2.75, 3.05) is 32.0 Å². The number of nitrogen functional groups attached to an aromatic ring is 1. The van der Waals surface area contributed by atoms with Crippen molar-refractivity contribution in [1.82, 2.24) is 24.5 Å². The molecule has 4 rings (SSSR count). The second-order valence-electron chi connectivity index (χ2n) is 5.18. The van der Waals surface area contributed by atoms with Gasteiger partial charge in [-0.3, -0.25) is 4.90 Å². The molecule has 3 aromatic heterocycles. The van der Waals surface area contributed by atoms with Crippen LogP contribution in [0.1, 0.15) is 5.56 Å². The van der Waals surface area contributed by atoms with Crippen molar-refractivity contribution in [1.29, 1.82) is 0 Å². The predicted octanol–water partition coefficient (Wildman–Crippen LogP) is 0.799. The molecule has 1 aliphatic heterocycles. The molecular weight excluding hydrogens is 284 g/mol. The zero-order valence-corrected chi connectivity index (χ0v) is 12.0. The minimum absolute atomic E-state index is 0.311. The molecule has 3 aromatic rings. The number of furan rings is 1. The molecule has 4 heterocycles. The number of ether oxygens (including phenoxy) is 1. The van der Waals surface area contributed by atoms with Crippen LogP contribution < -0.4 is 5.73 Å². The Morgan fingerprint density at radius 3 is 2.91 bits per heavy atom. The van der Waals surface area contributed by atoms with Crippen molar-refractivity contribution in [3.05, 3.63) is 30.2 Å². The SMILES string of the molecule is Nc1ncc(CN2CCOCC2)c2nc(-c3ccco3)nn12. The fourth-order valence-corrected chi connectivity index (χ4v) is 2.56. The average molecular weight is 300 g/mol. The number of nitrogens with two attached hydrogens (primary N) is 1. The van der Waals surface area contributed by atoms with Crippen LogP contribution in [-0.2, 0) is 11.3 Å². The molecule has 1 saturated heterocycles. The molecule has 0 aliphatic carbocycles. The zero-order valence-electron chi connectivity index (χ0n) is 12.0. The number of aromatic nitrogens is 4. The highest BCUT2D eigenvalue weighted by Gasteiger charge is 2.17. The van der Waals surface area contributed by atoms with Crippen molar-refractivity contribution in [2.45, 2.75) is 6.54 Å². The van der Waals surface area contributed by atoms with E-state index in [-0.39, 0.29) is 0 Å². The molecule has 0 spiro atoms. The first-order valence-corrected chi connectivity index (χ1v) is 7.15. The Balaban J connectivity index is 1.73. The maximum absolute atomic E-state index is 5.91. The minimum Gasteiger partial charge on any atom is -0.461 e. The van der Waals surface area contributed by atoms with Crippen LogP contribution >= 0.6 is 0 Å². The highest BCUT2D eigenvalue weighted by molar-refractivity contribution is 5.57. The molecule has 0 saturated carbocycles. The van der Waals surface area contributed by atoms with Gasteiger partial charge >= 0.3 is 0 Å². The van der Waals surface area contributed by atoms with Crippen LogP contribution in [0.3, 0.4) is 0 Å². The van der Waals surface area contributed by atoms with E-state index in [4.69, 9.17) is 14.9 Å². The van der Waals surface area contributed by atoms with Gasteiger partial charge in [-0.05, 0) is 12.1 Å². The lowest BCUT2D eigenvalue weighted by molar-refractivity contribution is 0.0342. The summed E-state index contributed by atoms with van der Waals surface area (Å²) in [5, 5.41) is 4.39. The summed E-state index contributed by atoms with van der Waals surface area (Å²) in [5.41, 5.74) is 7.61. The molecule has 1 aliphatic rings. The van der Waals surface area contributed by atoms with E-state index >= 15 is 0 Å². The van der Waals surface area contributed by atoms with Crippen LogP contribution in [-0.4, -0.2) is 50.8 Å². The number of hydrogen-bond acceptors (Lipinski definition) is 7. The molecule has 8 nitrogen and oxygen atoms in total. The zero-order chi connectivity index (χ0) is 14.9. The van der Waals surface area contributed by atoms with E-state index in [9.17, 15) is 0 Å². The first-order valence-electron chi connectivity index (χ1n) is 7.15. The second kappa shape index (κ2) is 5.39. The van der Waals surface area contributed by atoms with Crippen LogP contribution in [0.5, 0.6) is 0 Å². The second-order valence-corrected chi connectivity index (χ2v) is 5.18. The molecule has 0 aromatic carbocycles. The molecule has 0 unspecified atom stereocenters. The maximum Gasteiger partial charge on any atom is 0.223 e. The van der Waals surface area contributed by atoms with Gasteiger partial charge in [0.05, 0.1) is 19.5 Å². The molecule has 0 atom stereocenters. The topological polar surface area (TPSA) is 94.7 Å². The standard InChI is InChI=1S/C14H16N6O2/c15-14-16-8-10(9-19-3-6-21-7-4-19)13-17-12(18-20(13)14)11-2-1-5-22-11/h1-2,5,8H,3-4,6-7,9H2,(H2,15,16). The summed E-state index contributed by atoms with van der Waals surface area (Å²) in [7, 11) is 0. The van der Waals surface area contributed by atoms with E-state index in [1.165, 1.54) is 0 Å². The Kier molecular flexibility index (Phi) is 3.24. The number of anilines is 1. The molecule has 0 amide bonds. The number of hydrogen-bond donors (Lipinski definition) is 1. The van der Waals surface area contributed by atoms with Crippen LogP contribution in [0.15, 0.2) is 29.0 Å². The highest BCUT2D eigenvalue weighted by Crippen LogP contribution is 2.20. The van der Waals surface area contributed by atoms with E-state index < -0.39 is 0 Å². The Hall–Kier alpha value is -2.45. The molecule has 0 radical (unpaired) electrons. The molecule has 2 N–H and O–H groups in total. The lowest BCUT2D eigenvalue weighted by Crippen LogP contribution is -2.35. The third-order valence-corrected chi connectivity index (χ3v) is 3.70. The summed E-state index contributed by atoms with van der Waals surface area (Å²) < 4.78 is 12.3. The highest BCUT2D eigenvalue weighted by atomic mass is 16.5. The third-order valence-electron chi connectivity index (χ3n) is 3.70. The van der Waals surface area contributed by atoms with Gasteiger partial charge < -0.3 is 14.9 Å². The Morgan fingerprint density at radius 1 is 1.27 bits per heavy atom. The fraction of sp³-hybridized carbons (Fsp3) is 0.357. The van der Waals surface area contributed by atoms with E-state index in [0.717, 1.165) is 38.4 Å². The molecular formula is C14H16N6O2. The number of rotatable bonds is 3. The van der Waals surface area contributed by atoms with E-state index in [1.807, 2.05) is 6.07 Å². The predicted molar refractivity (Wildman–Crippen MR) is 79.0 cm³/mol. The Morgan fingerprint density at radius 2 is 2.14 bits per heavy atom. The largest absolute Gasteiger partial charge is 0.461 e. The summed E-state index contributed by atoms with van der Waals surface area (Å²) in [5.74, 6) is 1.43.